The van der Waals surface area contributed by atoms with Crippen LogP contribution in [-0.4, -0.2) is 16.5 Å². The fourth-order valence-corrected chi connectivity index (χ4v) is 0.934. The van der Waals surface area contributed by atoms with Crippen LogP contribution in [-0.2, 0) is 0 Å². The van der Waals surface area contributed by atoms with Gasteiger partial charge in [-0.3, -0.25) is 0 Å². The predicted molar refractivity (Wildman–Crippen MR) is 50.0 cm³/mol. The molecule has 0 amide bonds. The van der Waals surface area contributed by atoms with Crippen molar-refractivity contribution in [3.8, 4) is 0 Å². The van der Waals surface area contributed by atoms with Crippen LogP contribution in [0, 0.1) is 6.92 Å². The normalized spacial score (nSPS) is 9.83. The van der Waals surface area contributed by atoms with Gasteiger partial charge in [-0.15, -0.1) is 0 Å². The van der Waals surface area contributed by atoms with Crippen molar-refractivity contribution in [1.29, 1.82) is 0 Å². The van der Waals surface area contributed by atoms with E-state index in [-0.39, 0.29) is 0 Å². The third-order valence-electron chi connectivity index (χ3n) is 1.41. The smallest absolute Gasteiger partial charge is 0.131 e. The van der Waals surface area contributed by atoms with Crippen molar-refractivity contribution in [1.82, 2.24) is 9.97 Å². The molecule has 66 valence electrons. The summed E-state index contributed by atoms with van der Waals surface area (Å²) in [6.07, 6.45) is 1.07. The molecule has 0 bridgehead atoms. The number of anilines is 2. The lowest BCUT2D eigenvalue weighted by atomic mass is 10.4. The summed E-state index contributed by atoms with van der Waals surface area (Å²) in [6.45, 7) is 4.84. The number of rotatable bonds is 3. The average molecular weight is 166 g/mol. The fraction of sp³-hybridized carbons (Fsp3) is 0.500. The quantitative estimate of drug-likeness (QED) is 0.708. The maximum Gasteiger partial charge on any atom is 0.131 e. The van der Waals surface area contributed by atoms with Crippen LogP contribution in [0.1, 0.15) is 19.2 Å². The molecule has 0 aromatic carbocycles. The van der Waals surface area contributed by atoms with Gasteiger partial charge < -0.3 is 11.1 Å². The monoisotopic (exact) mass is 166 g/mol. The molecule has 1 aromatic heterocycles. The van der Waals surface area contributed by atoms with Crippen LogP contribution in [0.15, 0.2) is 6.07 Å². The Kier molecular flexibility index (Phi) is 2.85. The second kappa shape index (κ2) is 3.90. The lowest BCUT2D eigenvalue weighted by molar-refractivity contribution is 0.956. The van der Waals surface area contributed by atoms with Gasteiger partial charge in [0.25, 0.3) is 0 Å². The molecule has 0 radical (unpaired) electrons. The Morgan fingerprint density at radius 1 is 1.50 bits per heavy atom. The number of nitrogens with two attached hydrogens (primary N) is 1. The zero-order chi connectivity index (χ0) is 8.97. The van der Waals surface area contributed by atoms with Gasteiger partial charge in [-0.05, 0) is 13.3 Å². The molecule has 0 unspecified atom stereocenters. The first kappa shape index (κ1) is 8.77. The summed E-state index contributed by atoms with van der Waals surface area (Å²) >= 11 is 0. The van der Waals surface area contributed by atoms with Crippen molar-refractivity contribution in [3.05, 3.63) is 11.9 Å². The molecule has 3 N–H and O–H groups in total. The summed E-state index contributed by atoms with van der Waals surface area (Å²) < 4.78 is 0. The summed E-state index contributed by atoms with van der Waals surface area (Å²) in [6, 6.07) is 1.74. The van der Waals surface area contributed by atoms with Crippen molar-refractivity contribution in [2.75, 3.05) is 17.6 Å². The van der Waals surface area contributed by atoms with Crippen LogP contribution < -0.4 is 11.1 Å². The molecule has 4 nitrogen and oxygen atoms in total. The van der Waals surface area contributed by atoms with Crippen LogP contribution in [0.3, 0.4) is 0 Å². The van der Waals surface area contributed by atoms with Crippen molar-refractivity contribution in [2.45, 2.75) is 20.3 Å². The highest BCUT2D eigenvalue weighted by molar-refractivity contribution is 5.44. The molecule has 0 saturated carbocycles. The molecule has 12 heavy (non-hydrogen) atoms. The highest BCUT2D eigenvalue weighted by Crippen LogP contribution is 2.06. The van der Waals surface area contributed by atoms with E-state index in [0.717, 1.165) is 18.8 Å². The molecule has 0 atom stereocenters. The number of nitrogens with zero attached hydrogens (tertiary/aromatic N) is 2. The molecule has 0 aliphatic carbocycles. The number of nitrogen functional groups attached to an aromatic ring is 1. The Hall–Kier alpha value is -1.32. The molecule has 0 saturated heterocycles. The van der Waals surface area contributed by atoms with Crippen molar-refractivity contribution in [2.24, 2.45) is 0 Å². The molecule has 0 spiro atoms. The molecule has 0 aliphatic rings. The van der Waals surface area contributed by atoms with Crippen LogP contribution in [0.25, 0.3) is 0 Å². The third-order valence-corrected chi connectivity index (χ3v) is 1.41. The first-order valence-corrected chi connectivity index (χ1v) is 4.07. The van der Waals surface area contributed by atoms with Crippen LogP contribution in [0.5, 0.6) is 0 Å². The van der Waals surface area contributed by atoms with Gasteiger partial charge in [-0.25, -0.2) is 9.97 Å². The molecule has 1 heterocycles. The summed E-state index contributed by atoms with van der Waals surface area (Å²) in [5.74, 6) is 2.02. The van der Waals surface area contributed by atoms with E-state index in [4.69, 9.17) is 5.73 Å². The average Bonchev–Trinajstić information content (AvgIpc) is 1.99. The Labute approximate surface area is 72.2 Å². The minimum Gasteiger partial charge on any atom is -0.384 e. The van der Waals surface area contributed by atoms with E-state index in [1.54, 1.807) is 6.07 Å². The Morgan fingerprint density at radius 2 is 2.25 bits per heavy atom. The molecular weight excluding hydrogens is 152 g/mol. The lowest BCUT2D eigenvalue weighted by Gasteiger charge is -2.04. The van der Waals surface area contributed by atoms with Crippen LogP contribution in [0.4, 0.5) is 11.6 Å². The molecule has 1 aromatic rings. The van der Waals surface area contributed by atoms with Gasteiger partial charge in [-0.1, -0.05) is 6.92 Å². The zero-order valence-corrected chi connectivity index (χ0v) is 7.46. The fourth-order valence-electron chi connectivity index (χ4n) is 0.934. The largest absolute Gasteiger partial charge is 0.384 e. The van der Waals surface area contributed by atoms with Crippen LogP contribution in [0.2, 0.25) is 0 Å². The Balaban J connectivity index is 2.72. The maximum atomic E-state index is 5.54. The minimum absolute atomic E-state index is 0.515. The van der Waals surface area contributed by atoms with Crippen molar-refractivity contribution < 1.29 is 0 Å². The lowest BCUT2D eigenvalue weighted by Crippen LogP contribution is -2.05. The Bertz CT molecular complexity index is 239. The topological polar surface area (TPSA) is 63.8 Å². The van der Waals surface area contributed by atoms with Gasteiger partial charge in [0.15, 0.2) is 0 Å². The summed E-state index contributed by atoms with van der Waals surface area (Å²) in [5, 5.41) is 3.14. The van der Waals surface area contributed by atoms with E-state index in [2.05, 4.69) is 22.2 Å². The molecule has 0 aliphatic heterocycles. The minimum atomic E-state index is 0.515. The van der Waals surface area contributed by atoms with Gasteiger partial charge in [0.2, 0.25) is 0 Å². The molecule has 4 heteroatoms. The van der Waals surface area contributed by atoms with Gasteiger partial charge in [0, 0.05) is 12.6 Å². The van der Waals surface area contributed by atoms with E-state index >= 15 is 0 Å². The summed E-state index contributed by atoms with van der Waals surface area (Å²) in [5.41, 5.74) is 5.54. The van der Waals surface area contributed by atoms with Gasteiger partial charge in [0.05, 0.1) is 0 Å². The summed E-state index contributed by atoms with van der Waals surface area (Å²) in [7, 11) is 0. The van der Waals surface area contributed by atoms with E-state index in [9.17, 15) is 0 Å². The number of nitrogens with one attached hydrogen (secondary N) is 1. The van der Waals surface area contributed by atoms with E-state index in [1.807, 2.05) is 6.92 Å². The van der Waals surface area contributed by atoms with Crippen LogP contribution >= 0.6 is 0 Å². The van der Waals surface area contributed by atoms with E-state index < -0.39 is 0 Å². The van der Waals surface area contributed by atoms with Crippen molar-refractivity contribution >= 4 is 11.6 Å². The summed E-state index contributed by atoms with van der Waals surface area (Å²) in [4.78, 5) is 8.14. The third kappa shape index (κ3) is 2.38. The molecule has 1 rings (SSSR count). The highest BCUT2D eigenvalue weighted by atomic mass is 15.0. The number of hydrogen-bond donors (Lipinski definition) is 2. The highest BCUT2D eigenvalue weighted by Gasteiger charge is 1.96. The van der Waals surface area contributed by atoms with E-state index in [0.29, 0.717) is 11.6 Å². The van der Waals surface area contributed by atoms with E-state index in [1.165, 1.54) is 0 Å². The van der Waals surface area contributed by atoms with Gasteiger partial charge >= 0.3 is 0 Å². The second-order valence-electron chi connectivity index (χ2n) is 2.65. The standard InChI is InChI=1S/C8H14N4/c1-3-4-10-8-5-7(9)11-6(2)12-8/h5H,3-4H2,1-2H3,(H3,9,10,11,12). The van der Waals surface area contributed by atoms with Gasteiger partial charge in [0.1, 0.15) is 17.5 Å². The number of aryl methyl sites for hydroxylation is 1. The molecule has 0 fully saturated rings. The SMILES string of the molecule is CCCNc1cc(N)nc(C)n1. The zero-order valence-electron chi connectivity index (χ0n) is 7.46. The maximum absolute atomic E-state index is 5.54. The first-order chi connectivity index (χ1) is 5.72. The first-order valence-electron chi connectivity index (χ1n) is 4.07. The van der Waals surface area contributed by atoms with Gasteiger partial charge in [-0.2, -0.15) is 0 Å². The second-order valence-corrected chi connectivity index (χ2v) is 2.65. The number of hydrogen-bond acceptors (Lipinski definition) is 4. The predicted octanol–water partition coefficient (Wildman–Crippen LogP) is 1.19. The Morgan fingerprint density at radius 3 is 2.83 bits per heavy atom. The van der Waals surface area contributed by atoms with Crippen molar-refractivity contribution in [3.63, 3.8) is 0 Å². The number of aromatic nitrogens is 2. The molecular formula is C8H14N4.